The van der Waals surface area contributed by atoms with E-state index in [1.165, 1.54) is 12.3 Å². The molecular formula is C12H16ClN3. The molecule has 0 aromatic rings. The molecule has 0 spiro atoms. The zero-order valence-corrected chi connectivity index (χ0v) is 10.0. The average Bonchev–Trinajstić information content (AvgIpc) is 2.30. The molecule has 4 heteroatoms. The van der Waals surface area contributed by atoms with Crippen molar-refractivity contribution >= 4 is 17.8 Å². The Morgan fingerprint density at radius 2 is 1.88 bits per heavy atom. The van der Waals surface area contributed by atoms with Crippen LogP contribution in [0, 0.1) is 0 Å². The number of hydrazone groups is 1. The van der Waals surface area contributed by atoms with Crippen LogP contribution in [-0.4, -0.2) is 6.21 Å². The lowest BCUT2D eigenvalue weighted by atomic mass is 10.1. The van der Waals surface area contributed by atoms with E-state index in [1.807, 2.05) is 19.1 Å². The Bertz CT molecular complexity index is 349. The SMILES string of the molecule is C=C(C(=C)/C(Cl)=C\C=N/N)/C(N)=C/C=C\C. The number of hydrogen-bond acceptors (Lipinski definition) is 3. The van der Waals surface area contributed by atoms with Crippen LogP contribution in [0.25, 0.3) is 0 Å². The van der Waals surface area contributed by atoms with Gasteiger partial charge in [-0.1, -0.05) is 36.9 Å². The van der Waals surface area contributed by atoms with Gasteiger partial charge in [0.1, 0.15) is 0 Å². The van der Waals surface area contributed by atoms with Gasteiger partial charge >= 0.3 is 0 Å². The number of rotatable bonds is 5. The summed E-state index contributed by atoms with van der Waals surface area (Å²) in [5, 5.41) is 3.70. The summed E-state index contributed by atoms with van der Waals surface area (Å²) in [6.45, 7) is 9.49. The Morgan fingerprint density at radius 1 is 1.25 bits per heavy atom. The van der Waals surface area contributed by atoms with Gasteiger partial charge in [0.15, 0.2) is 0 Å². The maximum atomic E-state index is 5.94. The van der Waals surface area contributed by atoms with Gasteiger partial charge in [-0.3, -0.25) is 0 Å². The molecule has 0 heterocycles. The van der Waals surface area contributed by atoms with Crippen molar-refractivity contribution in [3.63, 3.8) is 0 Å². The van der Waals surface area contributed by atoms with Crippen LogP contribution in [0.15, 0.2) is 64.4 Å². The molecule has 0 radical (unpaired) electrons. The monoisotopic (exact) mass is 237 g/mol. The zero-order valence-electron chi connectivity index (χ0n) is 9.28. The summed E-state index contributed by atoms with van der Waals surface area (Å²) in [6, 6.07) is 0. The third-order valence-corrected chi connectivity index (χ3v) is 2.13. The number of hydrogen-bond donors (Lipinski definition) is 2. The Kier molecular flexibility index (Phi) is 6.72. The highest BCUT2D eigenvalue weighted by molar-refractivity contribution is 6.33. The zero-order chi connectivity index (χ0) is 12.6. The van der Waals surface area contributed by atoms with Crippen molar-refractivity contribution in [3.8, 4) is 0 Å². The van der Waals surface area contributed by atoms with Crippen molar-refractivity contribution in [1.82, 2.24) is 0 Å². The molecule has 0 aliphatic rings. The molecule has 0 rings (SSSR count). The number of halogens is 1. The summed E-state index contributed by atoms with van der Waals surface area (Å²) in [5.74, 6) is 4.95. The molecule has 0 aromatic heterocycles. The van der Waals surface area contributed by atoms with Gasteiger partial charge in [-0.05, 0) is 30.2 Å². The smallest absolute Gasteiger partial charge is 0.0494 e. The molecule has 0 bridgehead atoms. The van der Waals surface area contributed by atoms with Crippen molar-refractivity contribution in [2.75, 3.05) is 0 Å². The molecule has 0 unspecified atom stereocenters. The summed E-state index contributed by atoms with van der Waals surface area (Å²) in [7, 11) is 0. The van der Waals surface area contributed by atoms with Gasteiger partial charge in [-0.15, -0.1) is 0 Å². The first-order valence-electron chi connectivity index (χ1n) is 4.61. The van der Waals surface area contributed by atoms with Crippen molar-refractivity contribution in [1.29, 1.82) is 0 Å². The molecule has 0 aliphatic carbocycles. The van der Waals surface area contributed by atoms with Crippen LogP contribution in [0.4, 0.5) is 0 Å². The van der Waals surface area contributed by atoms with Gasteiger partial charge in [-0.2, -0.15) is 5.10 Å². The molecule has 0 saturated heterocycles. The van der Waals surface area contributed by atoms with E-state index in [-0.39, 0.29) is 0 Å². The highest BCUT2D eigenvalue weighted by Gasteiger charge is 2.05. The Morgan fingerprint density at radius 3 is 2.38 bits per heavy atom. The Balaban J connectivity index is 4.81. The van der Waals surface area contributed by atoms with Crippen LogP contribution in [0.2, 0.25) is 0 Å². The molecule has 3 nitrogen and oxygen atoms in total. The van der Waals surface area contributed by atoms with E-state index in [2.05, 4.69) is 18.3 Å². The van der Waals surface area contributed by atoms with Gasteiger partial charge in [0.2, 0.25) is 0 Å². The minimum atomic E-state index is 0.399. The topological polar surface area (TPSA) is 64.4 Å². The molecule has 0 fully saturated rings. The van der Waals surface area contributed by atoms with E-state index in [9.17, 15) is 0 Å². The highest BCUT2D eigenvalue weighted by atomic mass is 35.5. The van der Waals surface area contributed by atoms with Crippen LogP contribution in [0.3, 0.4) is 0 Å². The lowest BCUT2D eigenvalue weighted by Gasteiger charge is -2.07. The van der Waals surface area contributed by atoms with Gasteiger partial charge < -0.3 is 11.6 Å². The maximum Gasteiger partial charge on any atom is 0.0494 e. The first-order valence-corrected chi connectivity index (χ1v) is 4.98. The van der Waals surface area contributed by atoms with Crippen molar-refractivity contribution < 1.29 is 0 Å². The predicted octanol–water partition coefficient (Wildman–Crippen LogP) is 2.58. The number of nitrogens with two attached hydrogens (primary N) is 2. The van der Waals surface area contributed by atoms with E-state index in [0.717, 1.165) is 0 Å². The molecule has 4 N–H and O–H groups in total. The second-order valence-corrected chi connectivity index (χ2v) is 3.32. The number of allylic oxidation sites excluding steroid dienone is 6. The lowest BCUT2D eigenvalue weighted by Crippen LogP contribution is -2.02. The van der Waals surface area contributed by atoms with Crippen LogP contribution in [0.5, 0.6) is 0 Å². The minimum absolute atomic E-state index is 0.399. The first-order chi connectivity index (χ1) is 7.54. The van der Waals surface area contributed by atoms with E-state index < -0.39 is 0 Å². The molecular weight excluding hydrogens is 222 g/mol. The summed E-state index contributed by atoms with van der Waals surface area (Å²) in [4.78, 5) is 0. The van der Waals surface area contributed by atoms with Crippen LogP contribution in [-0.2, 0) is 0 Å². The summed E-state index contributed by atoms with van der Waals surface area (Å²) in [6.07, 6.45) is 8.30. The third kappa shape index (κ3) is 4.66. The van der Waals surface area contributed by atoms with Crippen molar-refractivity contribution in [3.05, 3.63) is 59.3 Å². The first kappa shape index (κ1) is 14.3. The minimum Gasteiger partial charge on any atom is -0.398 e. The van der Waals surface area contributed by atoms with Gasteiger partial charge in [0, 0.05) is 16.9 Å². The Hall–Kier alpha value is -1.74. The van der Waals surface area contributed by atoms with Gasteiger partial charge in [0.05, 0.1) is 0 Å². The fraction of sp³-hybridized carbons (Fsp3) is 0.0833. The fourth-order valence-electron chi connectivity index (χ4n) is 0.828. The lowest BCUT2D eigenvalue weighted by molar-refractivity contribution is 1.27. The van der Waals surface area contributed by atoms with Crippen LogP contribution in [0.1, 0.15) is 6.92 Å². The van der Waals surface area contributed by atoms with Crippen molar-refractivity contribution in [2.24, 2.45) is 16.7 Å². The largest absolute Gasteiger partial charge is 0.398 e. The number of nitrogens with zero attached hydrogens (tertiary/aromatic N) is 1. The molecule has 0 aromatic carbocycles. The van der Waals surface area contributed by atoms with Crippen molar-refractivity contribution in [2.45, 2.75) is 6.92 Å². The van der Waals surface area contributed by atoms with E-state index in [4.69, 9.17) is 23.2 Å². The van der Waals surface area contributed by atoms with Crippen LogP contribution < -0.4 is 11.6 Å². The van der Waals surface area contributed by atoms with Gasteiger partial charge in [0.25, 0.3) is 0 Å². The maximum absolute atomic E-state index is 5.94. The molecule has 16 heavy (non-hydrogen) atoms. The normalized spacial score (nSPS) is 13.6. The van der Waals surface area contributed by atoms with E-state index >= 15 is 0 Å². The predicted molar refractivity (Wildman–Crippen MR) is 72.0 cm³/mol. The molecule has 0 atom stereocenters. The Labute approximate surface area is 101 Å². The molecule has 0 aliphatic heterocycles. The average molecular weight is 238 g/mol. The second kappa shape index (κ2) is 7.54. The quantitative estimate of drug-likeness (QED) is 0.334. The highest BCUT2D eigenvalue weighted by Crippen LogP contribution is 2.22. The molecule has 86 valence electrons. The second-order valence-electron chi connectivity index (χ2n) is 2.92. The van der Waals surface area contributed by atoms with E-state index in [0.29, 0.717) is 21.9 Å². The van der Waals surface area contributed by atoms with Crippen LogP contribution >= 0.6 is 11.6 Å². The molecule has 0 saturated carbocycles. The summed E-state index contributed by atoms with van der Waals surface area (Å²) in [5.41, 5.74) is 7.40. The standard InChI is InChI=1S/C12H16ClN3/c1-4-5-6-12(14)10(3)9(2)11(13)7-8-16-15/h4-8H,2-3,14-15H2,1H3/b5-4-,11-7+,12-6-,16-8-. The summed E-state index contributed by atoms with van der Waals surface area (Å²) >= 11 is 5.94. The fourth-order valence-corrected chi connectivity index (χ4v) is 0.998. The molecule has 0 amide bonds. The third-order valence-electron chi connectivity index (χ3n) is 1.78. The van der Waals surface area contributed by atoms with E-state index in [1.54, 1.807) is 6.08 Å². The summed E-state index contributed by atoms with van der Waals surface area (Å²) < 4.78 is 0. The van der Waals surface area contributed by atoms with Gasteiger partial charge in [-0.25, -0.2) is 0 Å².